The van der Waals surface area contributed by atoms with Gasteiger partial charge < -0.3 is 10.1 Å². The summed E-state index contributed by atoms with van der Waals surface area (Å²) in [5.74, 6) is -0.338. The molecule has 122 valence electrons. The number of hydrogen-bond acceptors (Lipinski definition) is 4. The van der Waals surface area contributed by atoms with Crippen molar-refractivity contribution in [3.8, 4) is 11.8 Å². The van der Waals surface area contributed by atoms with Crippen molar-refractivity contribution in [3.05, 3.63) is 58.2 Å². The monoisotopic (exact) mass is 393 g/mol. The van der Waals surface area contributed by atoms with Crippen LogP contribution in [0.2, 0.25) is 0 Å². The molecule has 0 spiro atoms. The zero-order valence-corrected chi connectivity index (χ0v) is 13.6. The van der Waals surface area contributed by atoms with Gasteiger partial charge in [-0.25, -0.2) is 4.98 Å². The Bertz CT molecular complexity index is 784. The van der Waals surface area contributed by atoms with Crippen LogP contribution < -0.4 is 10.1 Å². The van der Waals surface area contributed by atoms with Crippen molar-refractivity contribution in [1.82, 2.24) is 4.98 Å². The SMILES string of the molecule is N#CC(=Cc1ccc(OC(F)F)cc1)C(=O)Nc1ccc(Br)cn1. The number of carbonyl (C=O) groups is 1. The lowest BCUT2D eigenvalue weighted by atomic mass is 10.1. The van der Waals surface area contributed by atoms with Crippen LogP contribution in [0.4, 0.5) is 14.6 Å². The molecule has 0 aliphatic carbocycles. The zero-order valence-electron chi connectivity index (χ0n) is 12.0. The summed E-state index contributed by atoms with van der Waals surface area (Å²) in [6, 6.07) is 10.6. The minimum atomic E-state index is -2.91. The van der Waals surface area contributed by atoms with Crippen LogP contribution in [0.25, 0.3) is 6.08 Å². The van der Waals surface area contributed by atoms with Crippen molar-refractivity contribution in [1.29, 1.82) is 5.26 Å². The summed E-state index contributed by atoms with van der Waals surface area (Å²) in [6.45, 7) is -2.91. The average molecular weight is 394 g/mol. The molecule has 0 fully saturated rings. The first kappa shape index (κ1) is 17.6. The van der Waals surface area contributed by atoms with Crippen molar-refractivity contribution < 1.29 is 18.3 Å². The van der Waals surface area contributed by atoms with Gasteiger partial charge in [0.25, 0.3) is 5.91 Å². The lowest BCUT2D eigenvalue weighted by Gasteiger charge is -2.05. The smallest absolute Gasteiger partial charge is 0.387 e. The maximum atomic E-state index is 12.1. The molecule has 1 aromatic carbocycles. The Morgan fingerprint density at radius 2 is 2.00 bits per heavy atom. The molecule has 0 aliphatic heterocycles. The second-order valence-electron chi connectivity index (χ2n) is 4.43. The second-order valence-corrected chi connectivity index (χ2v) is 5.35. The molecule has 24 heavy (non-hydrogen) atoms. The molecule has 1 amide bonds. The van der Waals surface area contributed by atoms with Gasteiger partial charge in [-0.1, -0.05) is 12.1 Å². The highest BCUT2D eigenvalue weighted by molar-refractivity contribution is 9.10. The molecule has 8 heteroatoms. The fraction of sp³-hybridized carbons (Fsp3) is 0.0625. The van der Waals surface area contributed by atoms with E-state index in [9.17, 15) is 13.6 Å². The summed E-state index contributed by atoms with van der Waals surface area (Å²) >= 11 is 3.22. The Labute approximate surface area is 144 Å². The molecule has 0 saturated heterocycles. The third-order valence-electron chi connectivity index (χ3n) is 2.75. The van der Waals surface area contributed by atoms with Crippen molar-refractivity contribution in [2.75, 3.05) is 5.32 Å². The Kier molecular flexibility index (Phi) is 5.98. The zero-order chi connectivity index (χ0) is 17.5. The molecule has 2 aromatic rings. The fourth-order valence-electron chi connectivity index (χ4n) is 1.69. The van der Waals surface area contributed by atoms with Gasteiger partial charge in [-0.2, -0.15) is 14.0 Å². The van der Waals surface area contributed by atoms with Gasteiger partial charge in [0.15, 0.2) is 0 Å². The standard InChI is InChI=1S/C16H10BrF2N3O2/c17-12-3-6-14(21-9-12)22-15(23)11(8-20)7-10-1-4-13(5-2-10)24-16(18)19/h1-7,9,16H,(H,21,22,23). The number of alkyl halides is 2. The van der Waals surface area contributed by atoms with Crippen molar-refractivity contribution >= 4 is 33.7 Å². The largest absolute Gasteiger partial charge is 0.435 e. The minimum absolute atomic E-state index is 0.0100. The maximum absolute atomic E-state index is 12.1. The van der Waals surface area contributed by atoms with Crippen LogP contribution in [-0.4, -0.2) is 17.5 Å². The Hall–Kier alpha value is -2.79. The van der Waals surface area contributed by atoms with Gasteiger partial charge in [-0.3, -0.25) is 4.79 Å². The molecule has 2 rings (SSSR count). The van der Waals surface area contributed by atoms with E-state index in [1.165, 1.54) is 36.5 Å². The highest BCUT2D eigenvalue weighted by Gasteiger charge is 2.10. The van der Waals surface area contributed by atoms with Crippen LogP contribution in [0.1, 0.15) is 5.56 Å². The van der Waals surface area contributed by atoms with Crippen LogP contribution >= 0.6 is 15.9 Å². The molecule has 1 heterocycles. The summed E-state index contributed by atoms with van der Waals surface area (Å²) < 4.78 is 29.1. The van der Waals surface area contributed by atoms with Crippen LogP contribution in [0.5, 0.6) is 5.75 Å². The number of halogens is 3. The molecule has 0 unspecified atom stereocenters. The second kappa shape index (κ2) is 8.17. The van der Waals surface area contributed by atoms with Gasteiger partial charge in [-0.05, 0) is 51.8 Å². The quantitative estimate of drug-likeness (QED) is 0.615. The normalized spacial score (nSPS) is 11.0. The van der Waals surface area contributed by atoms with E-state index >= 15 is 0 Å². The fourth-order valence-corrected chi connectivity index (χ4v) is 1.93. The number of nitrogens with one attached hydrogen (secondary N) is 1. The number of nitriles is 1. The van der Waals surface area contributed by atoms with E-state index in [0.29, 0.717) is 11.4 Å². The lowest BCUT2D eigenvalue weighted by Crippen LogP contribution is -2.14. The molecular weight excluding hydrogens is 384 g/mol. The highest BCUT2D eigenvalue weighted by Crippen LogP contribution is 2.17. The van der Waals surface area contributed by atoms with Gasteiger partial charge in [-0.15, -0.1) is 0 Å². The number of carbonyl (C=O) groups excluding carboxylic acids is 1. The number of aromatic nitrogens is 1. The number of benzene rings is 1. The number of ether oxygens (including phenoxy) is 1. The molecular formula is C16H10BrF2N3O2. The number of nitrogens with zero attached hydrogens (tertiary/aromatic N) is 2. The van der Waals surface area contributed by atoms with Gasteiger partial charge >= 0.3 is 6.61 Å². The summed E-state index contributed by atoms with van der Waals surface area (Å²) in [4.78, 5) is 16.0. The first-order chi connectivity index (χ1) is 11.5. The minimum Gasteiger partial charge on any atom is -0.435 e. The molecule has 1 N–H and O–H groups in total. The Balaban J connectivity index is 2.11. The van der Waals surface area contributed by atoms with Crippen LogP contribution in [0, 0.1) is 11.3 Å². The molecule has 0 radical (unpaired) electrons. The highest BCUT2D eigenvalue weighted by atomic mass is 79.9. The van der Waals surface area contributed by atoms with E-state index in [1.807, 2.05) is 0 Å². The van der Waals surface area contributed by atoms with Gasteiger partial charge in [0.05, 0.1) is 0 Å². The molecule has 0 bridgehead atoms. The first-order valence-electron chi connectivity index (χ1n) is 6.57. The Morgan fingerprint density at radius 1 is 1.29 bits per heavy atom. The number of amides is 1. The predicted octanol–water partition coefficient (Wildman–Crippen LogP) is 3.99. The maximum Gasteiger partial charge on any atom is 0.387 e. The summed E-state index contributed by atoms with van der Waals surface area (Å²) in [5, 5.41) is 11.6. The van der Waals surface area contributed by atoms with E-state index in [-0.39, 0.29) is 11.3 Å². The lowest BCUT2D eigenvalue weighted by molar-refractivity contribution is -0.112. The van der Waals surface area contributed by atoms with E-state index in [4.69, 9.17) is 5.26 Å². The van der Waals surface area contributed by atoms with Crippen LogP contribution in [0.15, 0.2) is 52.6 Å². The molecule has 5 nitrogen and oxygen atoms in total. The molecule has 1 aromatic heterocycles. The van der Waals surface area contributed by atoms with Crippen LogP contribution in [-0.2, 0) is 4.79 Å². The van der Waals surface area contributed by atoms with E-state index in [2.05, 4.69) is 31.0 Å². The van der Waals surface area contributed by atoms with Gasteiger partial charge in [0.1, 0.15) is 23.2 Å². The van der Waals surface area contributed by atoms with Gasteiger partial charge in [0.2, 0.25) is 0 Å². The molecule has 0 saturated carbocycles. The number of pyridine rings is 1. The topological polar surface area (TPSA) is 75.0 Å². The summed E-state index contributed by atoms with van der Waals surface area (Å²) in [6.07, 6.45) is 2.84. The number of hydrogen-bond donors (Lipinski definition) is 1. The molecule has 0 atom stereocenters. The molecule has 0 aliphatic rings. The van der Waals surface area contributed by atoms with Gasteiger partial charge in [0, 0.05) is 10.7 Å². The van der Waals surface area contributed by atoms with Crippen molar-refractivity contribution in [2.24, 2.45) is 0 Å². The van der Waals surface area contributed by atoms with Crippen molar-refractivity contribution in [3.63, 3.8) is 0 Å². The number of anilines is 1. The predicted molar refractivity (Wildman–Crippen MR) is 87.2 cm³/mol. The summed E-state index contributed by atoms with van der Waals surface area (Å²) in [7, 11) is 0. The Morgan fingerprint density at radius 3 is 2.54 bits per heavy atom. The third-order valence-corrected chi connectivity index (χ3v) is 3.22. The van der Waals surface area contributed by atoms with Crippen LogP contribution in [0.3, 0.4) is 0 Å². The van der Waals surface area contributed by atoms with Crippen molar-refractivity contribution in [2.45, 2.75) is 6.61 Å². The van der Waals surface area contributed by atoms with E-state index in [1.54, 1.807) is 18.2 Å². The van der Waals surface area contributed by atoms with E-state index < -0.39 is 12.5 Å². The average Bonchev–Trinajstić information content (AvgIpc) is 2.55. The summed E-state index contributed by atoms with van der Waals surface area (Å²) in [5.41, 5.74) is 0.342. The number of rotatable bonds is 5. The third kappa shape index (κ3) is 5.14. The van der Waals surface area contributed by atoms with E-state index in [0.717, 1.165) is 4.47 Å². The first-order valence-corrected chi connectivity index (χ1v) is 7.37.